The molecule has 11 heavy (non-hydrogen) atoms. The zero-order valence-corrected chi connectivity index (χ0v) is 7.35. The molecule has 0 aromatic rings. The highest BCUT2D eigenvalue weighted by atomic mass is 16.3. The van der Waals surface area contributed by atoms with Gasteiger partial charge in [-0.2, -0.15) is 0 Å². The Morgan fingerprint density at radius 3 is 2.73 bits per heavy atom. The maximum Gasteiger partial charge on any atom is 0.114 e. The molecule has 0 aliphatic carbocycles. The second-order valence-electron chi connectivity index (χ2n) is 2.76. The van der Waals surface area contributed by atoms with Crippen molar-refractivity contribution in [1.82, 2.24) is 0 Å². The Kier molecular flexibility index (Phi) is 5.60. The van der Waals surface area contributed by atoms with Crippen molar-refractivity contribution in [2.75, 3.05) is 0 Å². The van der Waals surface area contributed by atoms with Gasteiger partial charge in [0.1, 0.15) is 6.10 Å². The van der Waals surface area contributed by atoms with Crippen LogP contribution in [0.1, 0.15) is 33.1 Å². The Labute approximate surface area is 69.1 Å². The molecule has 0 bridgehead atoms. The topological polar surface area (TPSA) is 20.2 Å². The van der Waals surface area contributed by atoms with Crippen LogP contribution in [0.4, 0.5) is 0 Å². The fourth-order valence-corrected chi connectivity index (χ4v) is 0.665. The molecule has 0 rings (SSSR count). The largest absolute Gasteiger partial charge is 0.380 e. The molecule has 0 radical (unpaired) electrons. The van der Waals surface area contributed by atoms with Crippen LogP contribution in [0.15, 0.2) is 12.2 Å². The Bertz CT molecular complexity index is 171. The number of rotatable bonds is 3. The van der Waals surface area contributed by atoms with Crippen molar-refractivity contribution in [3.05, 3.63) is 12.2 Å². The number of allylic oxidation sites excluding steroid dienone is 1. The van der Waals surface area contributed by atoms with Crippen LogP contribution in [0, 0.1) is 11.8 Å². The van der Waals surface area contributed by atoms with Crippen LogP contribution < -0.4 is 0 Å². The van der Waals surface area contributed by atoms with Crippen molar-refractivity contribution >= 4 is 0 Å². The summed E-state index contributed by atoms with van der Waals surface area (Å²) < 4.78 is 0. The van der Waals surface area contributed by atoms with Crippen molar-refractivity contribution in [1.29, 1.82) is 0 Å². The molecule has 1 heteroatoms. The fourth-order valence-electron chi connectivity index (χ4n) is 0.665. The van der Waals surface area contributed by atoms with E-state index < -0.39 is 6.10 Å². The average Bonchev–Trinajstić information content (AvgIpc) is 1.87. The molecule has 62 valence electrons. The highest BCUT2D eigenvalue weighted by Crippen LogP contribution is 1.95. The van der Waals surface area contributed by atoms with Crippen molar-refractivity contribution in [3.8, 4) is 11.8 Å². The summed E-state index contributed by atoms with van der Waals surface area (Å²) in [5, 5.41) is 9.16. The van der Waals surface area contributed by atoms with Gasteiger partial charge in [-0.3, -0.25) is 0 Å². The van der Waals surface area contributed by atoms with Gasteiger partial charge in [-0.05, 0) is 13.3 Å². The van der Waals surface area contributed by atoms with Crippen LogP contribution in [-0.4, -0.2) is 11.2 Å². The number of aliphatic hydroxyl groups is 1. The van der Waals surface area contributed by atoms with Crippen LogP contribution in [0.3, 0.4) is 0 Å². The summed E-state index contributed by atoms with van der Waals surface area (Å²) in [5.74, 6) is 5.63. The van der Waals surface area contributed by atoms with E-state index in [1.165, 1.54) is 0 Å². The van der Waals surface area contributed by atoms with Crippen LogP contribution in [0.5, 0.6) is 0 Å². The van der Waals surface area contributed by atoms with E-state index in [1.54, 1.807) is 0 Å². The first-order valence-electron chi connectivity index (χ1n) is 3.97. The first kappa shape index (κ1) is 10.3. The molecule has 0 aliphatic heterocycles. The van der Waals surface area contributed by atoms with Gasteiger partial charge in [0, 0.05) is 6.42 Å². The molecule has 0 spiro atoms. The zero-order chi connectivity index (χ0) is 8.69. The Balaban J connectivity index is 3.59. The second kappa shape index (κ2) is 6.00. The van der Waals surface area contributed by atoms with E-state index in [0.717, 1.165) is 18.4 Å². The molecule has 0 heterocycles. The van der Waals surface area contributed by atoms with Gasteiger partial charge < -0.3 is 5.11 Å². The van der Waals surface area contributed by atoms with E-state index in [0.29, 0.717) is 6.42 Å². The van der Waals surface area contributed by atoms with Gasteiger partial charge in [-0.1, -0.05) is 37.3 Å². The highest BCUT2D eigenvalue weighted by molar-refractivity contribution is 5.11. The van der Waals surface area contributed by atoms with E-state index in [9.17, 15) is 0 Å². The summed E-state index contributed by atoms with van der Waals surface area (Å²) in [6, 6.07) is 0. The van der Waals surface area contributed by atoms with Gasteiger partial charge >= 0.3 is 0 Å². The smallest absolute Gasteiger partial charge is 0.114 e. The van der Waals surface area contributed by atoms with E-state index >= 15 is 0 Å². The fraction of sp³-hybridized carbons (Fsp3) is 0.600. The summed E-state index contributed by atoms with van der Waals surface area (Å²) in [4.78, 5) is 0. The minimum atomic E-state index is -0.445. The predicted octanol–water partition coefficient (Wildman–Crippen LogP) is 2.12. The van der Waals surface area contributed by atoms with Gasteiger partial charge in [0.25, 0.3) is 0 Å². The highest BCUT2D eigenvalue weighted by Gasteiger charge is 1.93. The number of hydrogen-bond donors (Lipinski definition) is 1. The number of aliphatic hydroxyl groups excluding tert-OH is 1. The van der Waals surface area contributed by atoms with Crippen LogP contribution in [-0.2, 0) is 0 Å². The SMILES string of the molecule is C=C(C)CC#CC(O)CCC. The number of hydrogen-bond acceptors (Lipinski definition) is 1. The Morgan fingerprint density at radius 1 is 1.64 bits per heavy atom. The summed E-state index contributed by atoms with van der Waals surface area (Å²) in [6.45, 7) is 7.68. The van der Waals surface area contributed by atoms with Gasteiger partial charge in [0.15, 0.2) is 0 Å². The quantitative estimate of drug-likeness (QED) is 0.485. The van der Waals surface area contributed by atoms with E-state index in [2.05, 4.69) is 18.4 Å². The first-order chi connectivity index (χ1) is 5.16. The van der Waals surface area contributed by atoms with Crippen molar-refractivity contribution in [2.24, 2.45) is 0 Å². The van der Waals surface area contributed by atoms with Gasteiger partial charge in [-0.25, -0.2) is 0 Å². The maximum atomic E-state index is 9.16. The lowest BCUT2D eigenvalue weighted by atomic mass is 10.2. The van der Waals surface area contributed by atoms with Gasteiger partial charge in [0.05, 0.1) is 0 Å². The molecule has 1 N–H and O–H groups in total. The molecule has 1 nitrogen and oxygen atoms in total. The van der Waals surface area contributed by atoms with Gasteiger partial charge in [-0.15, -0.1) is 0 Å². The lowest BCUT2D eigenvalue weighted by molar-refractivity contribution is 0.221. The lowest BCUT2D eigenvalue weighted by Crippen LogP contribution is -2.00. The first-order valence-corrected chi connectivity index (χ1v) is 3.97. The van der Waals surface area contributed by atoms with E-state index in [1.807, 2.05) is 13.8 Å². The molecular formula is C10H16O. The Hall–Kier alpha value is -0.740. The van der Waals surface area contributed by atoms with Crippen molar-refractivity contribution in [2.45, 2.75) is 39.2 Å². The predicted molar refractivity (Wildman–Crippen MR) is 48.1 cm³/mol. The molecule has 1 unspecified atom stereocenters. The van der Waals surface area contributed by atoms with Crippen molar-refractivity contribution in [3.63, 3.8) is 0 Å². The third kappa shape index (κ3) is 7.15. The minimum Gasteiger partial charge on any atom is -0.380 e. The summed E-state index contributed by atoms with van der Waals surface area (Å²) in [7, 11) is 0. The molecule has 0 saturated carbocycles. The molecule has 0 fully saturated rings. The van der Waals surface area contributed by atoms with Gasteiger partial charge in [0.2, 0.25) is 0 Å². The summed E-state index contributed by atoms with van der Waals surface area (Å²) in [6.07, 6.45) is 1.99. The van der Waals surface area contributed by atoms with E-state index in [4.69, 9.17) is 5.11 Å². The zero-order valence-electron chi connectivity index (χ0n) is 7.35. The molecule has 0 amide bonds. The third-order valence-corrected chi connectivity index (χ3v) is 1.22. The van der Waals surface area contributed by atoms with Crippen LogP contribution >= 0.6 is 0 Å². The standard InChI is InChI=1S/C10H16O/c1-4-6-10(11)8-5-7-9(2)3/h10-11H,2,4,6-7H2,1,3H3. The summed E-state index contributed by atoms with van der Waals surface area (Å²) >= 11 is 0. The normalized spacial score (nSPS) is 11.5. The summed E-state index contributed by atoms with van der Waals surface area (Å²) in [5.41, 5.74) is 1.04. The molecule has 0 saturated heterocycles. The molecule has 0 aromatic carbocycles. The second-order valence-corrected chi connectivity index (χ2v) is 2.76. The van der Waals surface area contributed by atoms with Crippen molar-refractivity contribution < 1.29 is 5.11 Å². The maximum absolute atomic E-state index is 9.16. The molecule has 0 aliphatic rings. The Morgan fingerprint density at radius 2 is 2.27 bits per heavy atom. The van der Waals surface area contributed by atoms with Crippen LogP contribution in [0.2, 0.25) is 0 Å². The lowest BCUT2D eigenvalue weighted by Gasteiger charge is -1.97. The monoisotopic (exact) mass is 152 g/mol. The minimum absolute atomic E-state index is 0.445. The van der Waals surface area contributed by atoms with Crippen LogP contribution in [0.25, 0.3) is 0 Å². The molecule has 0 aromatic heterocycles. The molecular weight excluding hydrogens is 136 g/mol. The van der Waals surface area contributed by atoms with E-state index in [-0.39, 0.29) is 0 Å². The average molecular weight is 152 g/mol. The molecule has 1 atom stereocenters. The third-order valence-electron chi connectivity index (χ3n) is 1.22.